The second-order valence-corrected chi connectivity index (χ2v) is 5.44. The van der Waals surface area contributed by atoms with Crippen LogP contribution in [-0.2, 0) is 0 Å². The van der Waals surface area contributed by atoms with E-state index >= 15 is 0 Å². The third-order valence-electron chi connectivity index (χ3n) is 2.40. The van der Waals surface area contributed by atoms with Gasteiger partial charge < -0.3 is 4.74 Å². The number of benzene rings is 2. The summed E-state index contributed by atoms with van der Waals surface area (Å²) in [6.07, 6.45) is 0. The summed E-state index contributed by atoms with van der Waals surface area (Å²) in [7, 11) is 0. The van der Waals surface area contributed by atoms with Crippen molar-refractivity contribution in [3.63, 3.8) is 0 Å². The van der Waals surface area contributed by atoms with Crippen molar-refractivity contribution in [3.05, 3.63) is 61.0 Å². The van der Waals surface area contributed by atoms with Crippen LogP contribution in [0, 0.1) is 21.4 Å². The summed E-state index contributed by atoms with van der Waals surface area (Å²) in [6.45, 7) is 0. The van der Waals surface area contributed by atoms with Crippen molar-refractivity contribution in [3.8, 4) is 17.6 Å². The van der Waals surface area contributed by atoms with Crippen molar-refractivity contribution in [2.45, 2.75) is 0 Å². The minimum atomic E-state index is -0.485. The second-order valence-electron chi connectivity index (χ2n) is 3.73. The predicted octanol–water partition coefficient (Wildman–Crippen LogP) is 4.78. The van der Waals surface area contributed by atoms with Crippen LogP contribution in [0.15, 0.2) is 45.3 Å². The Morgan fingerprint density at radius 3 is 2.15 bits per heavy atom. The first-order chi connectivity index (χ1) is 9.51. The first-order valence-electron chi connectivity index (χ1n) is 5.32. The molecule has 2 rings (SSSR count). The van der Waals surface area contributed by atoms with Crippen LogP contribution in [0.5, 0.6) is 11.5 Å². The van der Waals surface area contributed by atoms with Gasteiger partial charge in [0.1, 0.15) is 5.75 Å². The zero-order valence-corrected chi connectivity index (χ0v) is 13.0. The first-order valence-corrected chi connectivity index (χ1v) is 6.91. The monoisotopic (exact) mass is 396 g/mol. The van der Waals surface area contributed by atoms with Gasteiger partial charge in [0.25, 0.3) is 5.69 Å². The molecule has 0 heterocycles. The molecule has 0 atom stereocenters. The highest BCUT2D eigenvalue weighted by Gasteiger charge is 2.15. The Morgan fingerprint density at radius 1 is 1.15 bits per heavy atom. The van der Waals surface area contributed by atoms with Crippen LogP contribution in [0.25, 0.3) is 0 Å². The number of hydrogen-bond acceptors (Lipinski definition) is 4. The molecule has 0 N–H and O–H groups in total. The van der Waals surface area contributed by atoms with Crippen LogP contribution in [0.3, 0.4) is 0 Å². The van der Waals surface area contributed by atoms with Crippen LogP contribution < -0.4 is 4.74 Å². The smallest absolute Gasteiger partial charge is 0.271 e. The quantitative estimate of drug-likeness (QED) is 0.551. The minimum absolute atomic E-state index is 0.0454. The molecule has 0 radical (unpaired) electrons. The third-order valence-corrected chi connectivity index (χ3v) is 3.58. The highest BCUT2D eigenvalue weighted by Crippen LogP contribution is 2.39. The maximum absolute atomic E-state index is 10.7. The lowest BCUT2D eigenvalue weighted by molar-refractivity contribution is -0.385. The molecule has 0 amide bonds. The Hall–Kier alpha value is -1.91. The number of nitrogens with zero attached hydrogens (tertiary/aromatic N) is 2. The molecule has 0 fully saturated rings. The van der Waals surface area contributed by atoms with Crippen molar-refractivity contribution < 1.29 is 9.66 Å². The molecule has 100 valence electrons. The molecule has 0 spiro atoms. The van der Waals surface area contributed by atoms with E-state index < -0.39 is 4.92 Å². The van der Waals surface area contributed by atoms with Crippen molar-refractivity contribution in [2.75, 3.05) is 0 Å². The summed E-state index contributed by atoms with van der Waals surface area (Å²) in [5, 5.41) is 19.5. The minimum Gasteiger partial charge on any atom is -0.455 e. The molecule has 0 aromatic heterocycles. The van der Waals surface area contributed by atoms with E-state index in [4.69, 9.17) is 10.00 Å². The van der Waals surface area contributed by atoms with E-state index in [0.717, 1.165) is 0 Å². The van der Waals surface area contributed by atoms with E-state index in [-0.39, 0.29) is 5.69 Å². The van der Waals surface area contributed by atoms with Gasteiger partial charge in [0, 0.05) is 12.1 Å². The highest BCUT2D eigenvalue weighted by molar-refractivity contribution is 9.11. The average Bonchev–Trinajstić information content (AvgIpc) is 2.43. The molecular weight excluding hydrogens is 392 g/mol. The van der Waals surface area contributed by atoms with E-state index in [1.807, 2.05) is 6.07 Å². The maximum Gasteiger partial charge on any atom is 0.271 e. The summed E-state index contributed by atoms with van der Waals surface area (Å²) in [4.78, 5) is 10.3. The predicted molar refractivity (Wildman–Crippen MR) is 79.7 cm³/mol. The van der Waals surface area contributed by atoms with E-state index in [1.54, 1.807) is 24.3 Å². The van der Waals surface area contributed by atoms with Gasteiger partial charge in [-0.3, -0.25) is 10.1 Å². The van der Waals surface area contributed by atoms with Crippen molar-refractivity contribution in [1.29, 1.82) is 5.26 Å². The Labute approximate surface area is 131 Å². The van der Waals surface area contributed by atoms with Gasteiger partial charge in [-0.05, 0) is 56.1 Å². The molecule has 2 aromatic carbocycles. The summed E-state index contributed by atoms with van der Waals surface area (Å²) < 4.78 is 6.57. The number of halogens is 2. The normalized spacial score (nSPS) is 9.85. The molecule has 0 saturated carbocycles. The van der Waals surface area contributed by atoms with E-state index in [9.17, 15) is 10.1 Å². The lowest BCUT2D eigenvalue weighted by Gasteiger charge is -2.09. The molecule has 0 unspecified atom stereocenters. The summed E-state index contributed by atoms with van der Waals surface area (Å²) in [6, 6.07) is 11.3. The Kier molecular flexibility index (Phi) is 4.37. The maximum atomic E-state index is 10.7. The standard InChI is InChI=1S/C13H6Br2N2O3/c14-11-5-9(17(18)19)6-12(15)13(11)20-10-3-1-8(7-16)2-4-10/h1-6H. The van der Waals surface area contributed by atoms with Gasteiger partial charge in [-0.25, -0.2) is 0 Å². The SMILES string of the molecule is N#Cc1ccc(Oc2c(Br)cc([N+](=O)[O-])cc2Br)cc1. The van der Waals surface area contributed by atoms with E-state index in [0.29, 0.717) is 26.0 Å². The topological polar surface area (TPSA) is 76.2 Å². The average molecular weight is 398 g/mol. The van der Waals surface area contributed by atoms with E-state index in [2.05, 4.69) is 31.9 Å². The number of nitriles is 1. The molecule has 0 aliphatic rings. The largest absolute Gasteiger partial charge is 0.455 e. The van der Waals surface area contributed by atoms with Gasteiger partial charge in [0.05, 0.1) is 25.5 Å². The molecule has 5 nitrogen and oxygen atoms in total. The fourth-order valence-electron chi connectivity index (χ4n) is 1.46. The zero-order chi connectivity index (χ0) is 14.7. The van der Waals surface area contributed by atoms with Crippen molar-refractivity contribution in [2.24, 2.45) is 0 Å². The van der Waals surface area contributed by atoms with Crippen LogP contribution >= 0.6 is 31.9 Å². The zero-order valence-electron chi connectivity index (χ0n) is 9.84. The molecule has 0 aliphatic heterocycles. The lowest BCUT2D eigenvalue weighted by atomic mass is 10.2. The van der Waals surface area contributed by atoms with Crippen molar-refractivity contribution in [1.82, 2.24) is 0 Å². The van der Waals surface area contributed by atoms with Gasteiger partial charge in [-0.15, -0.1) is 0 Å². The van der Waals surface area contributed by atoms with Gasteiger partial charge in [-0.2, -0.15) is 5.26 Å². The Bertz CT molecular complexity index is 686. The van der Waals surface area contributed by atoms with Gasteiger partial charge >= 0.3 is 0 Å². The highest BCUT2D eigenvalue weighted by atomic mass is 79.9. The fraction of sp³-hybridized carbons (Fsp3) is 0. The van der Waals surface area contributed by atoms with Crippen LogP contribution in [0.4, 0.5) is 5.69 Å². The summed E-state index contributed by atoms with van der Waals surface area (Å²) in [5.74, 6) is 0.958. The molecule has 0 aliphatic carbocycles. The third kappa shape index (κ3) is 3.15. The number of nitro groups is 1. The van der Waals surface area contributed by atoms with Gasteiger partial charge in [-0.1, -0.05) is 0 Å². The fourth-order valence-corrected chi connectivity index (χ4v) is 2.79. The lowest BCUT2D eigenvalue weighted by Crippen LogP contribution is -1.92. The van der Waals surface area contributed by atoms with Crippen molar-refractivity contribution >= 4 is 37.5 Å². The van der Waals surface area contributed by atoms with E-state index in [1.165, 1.54) is 12.1 Å². The van der Waals surface area contributed by atoms with Gasteiger partial charge in [0.2, 0.25) is 0 Å². The summed E-state index contributed by atoms with van der Waals surface area (Å²) >= 11 is 6.48. The number of ether oxygens (including phenoxy) is 1. The van der Waals surface area contributed by atoms with Crippen LogP contribution in [0.2, 0.25) is 0 Å². The van der Waals surface area contributed by atoms with Gasteiger partial charge in [0.15, 0.2) is 5.75 Å². The van der Waals surface area contributed by atoms with Crippen LogP contribution in [0.1, 0.15) is 5.56 Å². The summed E-state index contributed by atoms with van der Waals surface area (Å²) in [5.41, 5.74) is 0.482. The number of non-ortho nitro benzene ring substituents is 1. The molecule has 0 saturated heterocycles. The molecule has 7 heteroatoms. The number of hydrogen-bond donors (Lipinski definition) is 0. The number of rotatable bonds is 3. The molecular formula is C13H6Br2N2O3. The number of nitro benzene ring substituents is 1. The first kappa shape index (κ1) is 14.5. The Morgan fingerprint density at radius 2 is 1.70 bits per heavy atom. The molecule has 20 heavy (non-hydrogen) atoms. The molecule has 2 aromatic rings. The molecule has 0 bridgehead atoms. The Balaban J connectivity index is 2.33. The van der Waals surface area contributed by atoms with Crippen LogP contribution in [-0.4, -0.2) is 4.92 Å². The second kappa shape index (κ2) is 6.03.